The van der Waals surface area contributed by atoms with Gasteiger partial charge in [0, 0.05) is 9.99 Å². The highest BCUT2D eigenvalue weighted by Gasteiger charge is 2.29. The first-order valence-electron chi connectivity index (χ1n) is 8.72. The van der Waals surface area contributed by atoms with Crippen LogP contribution in [0.5, 0.6) is 0 Å². The third-order valence-corrected chi connectivity index (χ3v) is 7.14. The maximum atomic E-state index is 12.9. The molecule has 1 aromatic carbocycles. The number of nitrogens with one attached hydrogen (secondary N) is 3. The molecule has 3 amide bonds. The first-order chi connectivity index (χ1) is 14.2. The summed E-state index contributed by atoms with van der Waals surface area (Å²) < 4.78 is 1.04. The molecule has 1 rings (SSSR count). The first-order valence-corrected chi connectivity index (χ1v) is 12.0. The van der Waals surface area contributed by atoms with E-state index in [1.807, 2.05) is 67.8 Å². The van der Waals surface area contributed by atoms with Gasteiger partial charge in [-0.15, -0.1) is 0 Å². The molecule has 7 N–H and O–H groups in total. The van der Waals surface area contributed by atoms with Crippen LogP contribution in [0.15, 0.2) is 0 Å². The van der Waals surface area contributed by atoms with Gasteiger partial charge in [-0.3, -0.25) is 14.4 Å². The lowest BCUT2D eigenvalue weighted by molar-refractivity contribution is -0.115. The highest BCUT2D eigenvalue weighted by atomic mass is 127. The topological polar surface area (TPSA) is 168 Å². The van der Waals surface area contributed by atoms with Crippen LogP contribution >= 0.6 is 67.8 Å². The van der Waals surface area contributed by atoms with Gasteiger partial charge in [-0.05, 0) is 67.8 Å². The predicted molar refractivity (Wildman–Crippen MR) is 134 cm³/mol. The molecule has 0 radical (unpaired) electrons. The summed E-state index contributed by atoms with van der Waals surface area (Å²) in [5.41, 5.74) is 0.446. The monoisotopic (exact) mass is 761 g/mol. The van der Waals surface area contributed by atoms with Crippen LogP contribution in [0.3, 0.4) is 0 Å². The van der Waals surface area contributed by atoms with Crippen LogP contribution in [0, 0.1) is 10.7 Å². The Bertz CT molecular complexity index is 746. The fourth-order valence-electron chi connectivity index (χ4n) is 2.21. The molecule has 0 bridgehead atoms. The molecule has 0 unspecified atom stereocenters. The van der Waals surface area contributed by atoms with Crippen molar-refractivity contribution in [2.45, 2.75) is 25.4 Å². The minimum Gasteiger partial charge on any atom is -0.394 e. The van der Waals surface area contributed by atoms with Gasteiger partial charge >= 0.3 is 0 Å². The molecule has 0 aliphatic heterocycles. The van der Waals surface area contributed by atoms with Gasteiger partial charge in [0.15, 0.2) is 0 Å². The molecule has 0 heterocycles. The van der Waals surface area contributed by atoms with E-state index in [2.05, 4.69) is 16.0 Å². The molecule has 1 aromatic rings. The van der Waals surface area contributed by atoms with E-state index in [0.29, 0.717) is 7.14 Å². The van der Waals surface area contributed by atoms with Crippen LogP contribution < -0.4 is 16.0 Å². The Balaban J connectivity index is 3.63. The number of aliphatic hydroxyl groups is 4. The first kappa shape index (κ1) is 27.7. The number of carbonyl (C=O) groups excluding carboxylic acids is 3. The predicted octanol–water partition coefficient (Wildman–Crippen LogP) is 0.0149. The van der Waals surface area contributed by atoms with Gasteiger partial charge in [0.25, 0.3) is 11.8 Å². The normalized spacial score (nSPS) is 11.0. The minimum absolute atomic E-state index is 0.0876. The third-order valence-electron chi connectivity index (χ3n) is 3.91. The maximum absolute atomic E-state index is 12.9. The van der Waals surface area contributed by atoms with Crippen molar-refractivity contribution in [2.75, 3.05) is 31.7 Å². The highest BCUT2D eigenvalue weighted by Crippen LogP contribution is 2.36. The smallest absolute Gasteiger partial charge is 0.253 e. The Labute approximate surface area is 214 Å². The average Bonchev–Trinajstić information content (AvgIpc) is 2.72. The SMILES string of the molecule is CCC(=O)Nc1c(I)c(C(=O)NC(CO)CO)c(I)c(C(=O)NC(CO)CO)c1I. The van der Waals surface area contributed by atoms with Gasteiger partial charge in [0.2, 0.25) is 5.91 Å². The van der Waals surface area contributed by atoms with Gasteiger partial charge in [0.1, 0.15) is 0 Å². The zero-order chi connectivity index (χ0) is 23.0. The van der Waals surface area contributed by atoms with E-state index in [4.69, 9.17) is 0 Å². The molecule has 0 aromatic heterocycles. The van der Waals surface area contributed by atoms with Crippen molar-refractivity contribution in [2.24, 2.45) is 0 Å². The molecular weight excluding hydrogens is 739 g/mol. The van der Waals surface area contributed by atoms with Crippen molar-refractivity contribution in [1.29, 1.82) is 0 Å². The molecule has 0 saturated carbocycles. The van der Waals surface area contributed by atoms with Crippen LogP contribution in [0.4, 0.5) is 5.69 Å². The number of rotatable bonds is 10. The Morgan fingerprint density at radius 2 is 1.13 bits per heavy atom. The van der Waals surface area contributed by atoms with E-state index >= 15 is 0 Å². The Morgan fingerprint density at radius 1 is 0.767 bits per heavy atom. The molecule has 168 valence electrons. The van der Waals surface area contributed by atoms with E-state index in [1.54, 1.807) is 6.92 Å². The van der Waals surface area contributed by atoms with Crippen LogP contribution in [0.25, 0.3) is 0 Å². The van der Waals surface area contributed by atoms with E-state index in [0.717, 1.165) is 0 Å². The lowest BCUT2D eigenvalue weighted by Gasteiger charge is -2.22. The van der Waals surface area contributed by atoms with Crippen molar-refractivity contribution in [3.05, 3.63) is 21.8 Å². The van der Waals surface area contributed by atoms with Crippen LogP contribution in [-0.4, -0.2) is 76.7 Å². The second-order valence-electron chi connectivity index (χ2n) is 6.04. The van der Waals surface area contributed by atoms with E-state index in [1.165, 1.54) is 0 Å². The van der Waals surface area contributed by atoms with Gasteiger partial charge in [-0.25, -0.2) is 0 Å². The summed E-state index contributed by atoms with van der Waals surface area (Å²) in [4.78, 5) is 37.8. The molecule has 0 fully saturated rings. The number of aliphatic hydroxyl groups excluding tert-OH is 4. The van der Waals surface area contributed by atoms with E-state index in [9.17, 15) is 34.8 Å². The number of hydrogen-bond acceptors (Lipinski definition) is 7. The summed E-state index contributed by atoms with van der Waals surface area (Å²) in [5, 5.41) is 44.7. The average molecular weight is 761 g/mol. The lowest BCUT2D eigenvalue weighted by Crippen LogP contribution is -2.42. The summed E-state index contributed by atoms with van der Waals surface area (Å²) in [6.45, 7) is -0.284. The second kappa shape index (κ2) is 13.3. The summed E-state index contributed by atoms with van der Waals surface area (Å²) >= 11 is 5.60. The number of halogens is 3. The molecular formula is C17H22I3N3O7. The highest BCUT2D eigenvalue weighted by molar-refractivity contribution is 14.1. The van der Waals surface area contributed by atoms with Gasteiger partial charge in [-0.2, -0.15) is 0 Å². The van der Waals surface area contributed by atoms with Crippen molar-refractivity contribution in [3.8, 4) is 0 Å². The number of amides is 3. The molecule has 0 saturated heterocycles. The fourth-order valence-corrected chi connectivity index (χ4v) is 6.63. The maximum Gasteiger partial charge on any atom is 0.253 e. The number of hydrogen-bond donors (Lipinski definition) is 7. The molecule has 0 aliphatic carbocycles. The van der Waals surface area contributed by atoms with Gasteiger partial charge < -0.3 is 36.4 Å². The van der Waals surface area contributed by atoms with Crippen LogP contribution in [-0.2, 0) is 4.79 Å². The molecule has 10 nitrogen and oxygen atoms in total. The summed E-state index contributed by atoms with van der Waals surface area (Å²) in [7, 11) is 0. The quantitative estimate of drug-likeness (QED) is 0.165. The zero-order valence-electron chi connectivity index (χ0n) is 15.8. The van der Waals surface area contributed by atoms with Gasteiger partial charge in [-0.1, -0.05) is 6.92 Å². The molecule has 0 spiro atoms. The van der Waals surface area contributed by atoms with Crippen LogP contribution in [0.1, 0.15) is 34.1 Å². The number of benzene rings is 1. The summed E-state index contributed by atoms with van der Waals surface area (Å²) in [6.07, 6.45) is 0.176. The summed E-state index contributed by atoms with van der Waals surface area (Å²) in [6, 6.07) is -1.80. The summed E-state index contributed by atoms with van der Waals surface area (Å²) in [5.74, 6) is -1.61. The lowest BCUT2D eigenvalue weighted by atomic mass is 10.1. The molecule has 0 atom stereocenters. The molecule has 30 heavy (non-hydrogen) atoms. The van der Waals surface area contributed by atoms with Crippen molar-refractivity contribution < 1.29 is 34.8 Å². The third kappa shape index (κ3) is 6.83. The van der Waals surface area contributed by atoms with Crippen molar-refractivity contribution >= 4 is 91.2 Å². The van der Waals surface area contributed by atoms with Crippen LogP contribution in [0.2, 0.25) is 0 Å². The van der Waals surface area contributed by atoms with Gasteiger partial charge in [0.05, 0.1) is 62.5 Å². The Morgan fingerprint density at radius 3 is 1.43 bits per heavy atom. The number of carbonyl (C=O) groups is 3. The fraction of sp³-hybridized carbons (Fsp3) is 0.471. The largest absolute Gasteiger partial charge is 0.394 e. The zero-order valence-corrected chi connectivity index (χ0v) is 22.3. The Kier molecular flexibility index (Phi) is 12.2. The number of anilines is 1. The second-order valence-corrected chi connectivity index (χ2v) is 9.28. The molecule has 13 heteroatoms. The standard InChI is InChI=1S/C17H22I3N3O7/c1-2-9(28)23-15-13(19)10(16(29)21-7(3-24)4-25)12(18)11(14(15)20)17(30)22-8(5-26)6-27/h7-8,24-27H,2-6H2,1H3,(H,21,29)(H,22,30)(H,23,28). The Hall–Kier alpha value is -0.340. The van der Waals surface area contributed by atoms with E-state index in [-0.39, 0.29) is 32.7 Å². The van der Waals surface area contributed by atoms with E-state index < -0.39 is 50.3 Å². The van der Waals surface area contributed by atoms with Crippen molar-refractivity contribution in [3.63, 3.8) is 0 Å². The minimum atomic E-state index is -0.900. The van der Waals surface area contributed by atoms with Crippen molar-refractivity contribution in [1.82, 2.24) is 10.6 Å². The molecule has 0 aliphatic rings.